The zero-order chi connectivity index (χ0) is 14.0. The summed E-state index contributed by atoms with van der Waals surface area (Å²) in [5, 5.41) is 0. The molecule has 0 aliphatic rings. The summed E-state index contributed by atoms with van der Waals surface area (Å²) >= 11 is 0. The summed E-state index contributed by atoms with van der Waals surface area (Å²) in [6.07, 6.45) is 16.4. The highest BCUT2D eigenvalue weighted by atomic mass is 14.0. The van der Waals surface area contributed by atoms with E-state index in [1.54, 1.807) is 0 Å². The van der Waals surface area contributed by atoms with Crippen molar-refractivity contribution in [3.8, 4) is 0 Å². The number of rotatable bonds is 7. The molecule has 0 unspecified atom stereocenters. The van der Waals surface area contributed by atoms with Crippen molar-refractivity contribution in [3.63, 3.8) is 0 Å². The fraction of sp³-hybridized carbons (Fsp3) is 0.500. The molecule has 0 rings (SSSR count). The lowest BCUT2D eigenvalue weighted by molar-refractivity contribution is 0.825. The first kappa shape index (κ1) is 16.8. The predicted molar refractivity (Wildman–Crippen MR) is 84.4 cm³/mol. The smallest absolute Gasteiger partial charge is 0.0817 e. The van der Waals surface area contributed by atoms with Gasteiger partial charge < -0.3 is 0 Å². The van der Waals surface area contributed by atoms with E-state index in [1.165, 1.54) is 11.5 Å². The largest absolute Gasteiger partial charge is 0.0924 e. The lowest BCUT2D eigenvalue weighted by Crippen LogP contribution is -1.85. The van der Waals surface area contributed by atoms with Crippen LogP contribution in [0.2, 0.25) is 0 Å². The van der Waals surface area contributed by atoms with E-state index in [0.29, 0.717) is 11.8 Å². The van der Waals surface area contributed by atoms with E-state index in [0.717, 1.165) is 6.42 Å². The lowest BCUT2D eigenvalue weighted by atomic mass is 10.0. The summed E-state index contributed by atoms with van der Waals surface area (Å²) in [5.41, 5.74) is 1.30. The summed E-state index contributed by atoms with van der Waals surface area (Å²) in [7, 11) is 0. The molecule has 0 heteroatoms. The maximum absolute atomic E-state index is 2.25. The van der Waals surface area contributed by atoms with Crippen molar-refractivity contribution in [2.75, 3.05) is 0 Å². The van der Waals surface area contributed by atoms with Crippen molar-refractivity contribution in [3.05, 3.63) is 54.0 Å². The van der Waals surface area contributed by atoms with E-state index < -0.39 is 0 Å². The van der Waals surface area contributed by atoms with E-state index >= 15 is 0 Å². The van der Waals surface area contributed by atoms with Crippen molar-refractivity contribution >= 4 is 0 Å². The van der Waals surface area contributed by atoms with Crippen LogP contribution in [0.15, 0.2) is 48.1 Å². The molecule has 100 valence electrons. The Balaban J connectivity index is 4.06. The third-order valence-corrected chi connectivity index (χ3v) is 2.44. The van der Waals surface area contributed by atoms with Crippen LogP contribution in [-0.4, -0.2) is 0 Å². The Morgan fingerprint density at radius 2 is 1.67 bits per heavy atom. The van der Waals surface area contributed by atoms with Crippen LogP contribution in [0, 0.1) is 17.8 Å². The molecule has 0 aliphatic carbocycles. The van der Waals surface area contributed by atoms with Crippen LogP contribution in [0.4, 0.5) is 0 Å². The molecule has 0 amide bonds. The summed E-state index contributed by atoms with van der Waals surface area (Å²) in [4.78, 5) is 0. The molecule has 0 N–H and O–H groups in total. The topological polar surface area (TPSA) is 0 Å². The van der Waals surface area contributed by atoms with Gasteiger partial charge in [0.15, 0.2) is 0 Å². The van der Waals surface area contributed by atoms with Gasteiger partial charge in [0.25, 0.3) is 0 Å². The molecule has 0 aromatic rings. The minimum atomic E-state index is 0.620. The SMILES string of the molecule is CC(/C=C/C(C)C)=C\C=C\C[C+](C)/C=C/C(C)C. The van der Waals surface area contributed by atoms with Crippen LogP contribution in [0.5, 0.6) is 0 Å². The molecule has 0 radical (unpaired) electrons. The zero-order valence-corrected chi connectivity index (χ0v) is 12.9. The summed E-state index contributed by atoms with van der Waals surface area (Å²) < 4.78 is 0. The average molecular weight is 245 g/mol. The minimum absolute atomic E-state index is 0.620. The van der Waals surface area contributed by atoms with E-state index in [2.05, 4.69) is 84.1 Å². The van der Waals surface area contributed by atoms with E-state index in [4.69, 9.17) is 0 Å². The normalized spacial score (nSPS) is 13.9. The third kappa shape index (κ3) is 11.3. The van der Waals surface area contributed by atoms with Crippen molar-refractivity contribution < 1.29 is 0 Å². The van der Waals surface area contributed by atoms with Gasteiger partial charge in [-0.3, -0.25) is 0 Å². The summed E-state index contributed by atoms with van der Waals surface area (Å²) in [6.45, 7) is 13.1. The lowest BCUT2D eigenvalue weighted by Gasteiger charge is -1.95. The fourth-order valence-electron chi connectivity index (χ4n) is 1.30. The number of allylic oxidation sites excluding steroid dienone is 8. The average Bonchev–Trinajstić information content (AvgIpc) is 2.29. The second kappa shape index (κ2) is 9.82. The molecule has 0 nitrogen and oxygen atoms in total. The van der Waals surface area contributed by atoms with E-state index in [1.807, 2.05) is 0 Å². The van der Waals surface area contributed by atoms with Gasteiger partial charge in [-0.2, -0.15) is 0 Å². The Hall–Kier alpha value is -1.17. The highest BCUT2D eigenvalue weighted by molar-refractivity contribution is 5.23. The molecule has 0 bridgehead atoms. The van der Waals surface area contributed by atoms with Gasteiger partial charge in [0.1, 0.15) is 0 Å². The standard InChI is InChI=1S/C18H29/c1-15(2)11-13-17(5)9-7-8-10-18(6)14-12-16(3)4/h7-9,11-16H,10H2,1-6H3/q+1/b8-7+,13-11+,14-12+,17-9+. The van der Waals surface area contributed by atoms with Gasteiger partial charge in [-0.25, -0.2) is 0 Å². The van der Waals surface area contributed by atoms with Gasteiger partial charge >= 0.3 is 0 Å². The van der Waals surface area contributed by atoms with Crippen LogP contribution in [0.1, 0.15) is 48.0 Å². The maximum Gasteiger partial charge on any atom is 0.0924 e. The zero-order valence-electron chi connectivity index (χ0n) is 12.9. The third-order valence-electron chi connectivity index (χ3n) is 2.44. The molecular weight excluding hydrogens is 216 g/mol. The van der Waals surface area contributed by atoms with Crippen molar-refractivity contribution in [2.45, 2.75) is 48.0 Å². The summed E-state index contributed by atoms with van der Waals surface area (Å²) in [5.74, 6) is 2.66. The quantitative estimate of drug-likeness (QED) is 0.387. The first-order chi connectivity index (χ1) is 8.41. The van der Waals surface area contributed by atoms with Gasteiger partial charge in [0.2, 0.25) is 0 Å². The second-order valence-electron chi connectivity index (χ2n) is 5.60. The van der Waals surface area contributed by atoms with Crippen molar-refractivity contribution in [1.82, 2.24) is 0 Å². The highest BCUT2D eigenvalue weighted by Gasteiger charge is 2.01. The predicted octanol–water partition coefficient (Wildman–Crippen LogP) is 5.90. The van der Waals surface area contributed by atoms with Crippen LogP contribution in [0.3, 0.4) is 0 Å². The van der Waals surface area contributed by atoms with Crippen LogP contribution < -0.4 is 0 Å². The maximum atomic E-state index is 2.25. The fourth-order valence-corrected chi connectivity index (χ4v) is 1.30. The summed E-state index contributed by atoms with van der Waals surface area (Å²) in [6, 6.07) is 0. The van der Waals surface area contributed by atoms with Crippen LogP contribution in [-0.2, 0) is 0 Å². The number of hydrogen-bond acceptors (Lipinski definition) is 0. The van der Waals surface area contributed by atoms with Crippen LogP contribution in [0.25, 0.3) is 0 Å². The Morgan fingerprint density at radius 1 is 1.06 bits per heavy atom. The van der Waals surface area contributed by atoms with Gasteiger partial charge in [-0.1, -0.05) is 49.8 Å². The molecule has 0 aromatic heterocycles. The van der Waals surface area contributed by atoms with Crippen LogP contribution >= 0.6 is 0 Å². The monoisotopic (exact) mass is 245 g/mol. The minimum Gasteiger partial charge on any atom is -0.0817 e. The molecular formula is C18H29+. The Labute approximate surface area is 114 Å². The van der Waals surface area contributed by atoms with Gasteiger partial charge in [-0.05, 0) is 26.7 Å². The molecule has 0 spiro atoms. The van der Waals surface area contributed by atoms with Crippen molar-refractivity contribution in [1.29, 1.82) is 0 Å². The molecule has 18 heavy (non-hydrogen) atoms. The molecule has 0 atom stereocenters. The Bertz CT molecular complexity index is 311. The Kier molecular flexibility index (Phi) is 9.18. The van der Waals surface area contributed by atoms with E-state index in [-0.39, 0.29) is 0 Å². The molecule has 0 aromatic carbocycles. The highest BCUT2D eigenvalue weighted by Crippen LogP contribution is 2.10. The molecule has 0 saturated carbocycles. The van der Waals surface area contributed by atoms with Gasteiger partial charge in [0, 0.05) is 18.9 Å². The van der Waals surface area contributed by atoms with Crippen molar-refractivity contribution in [2.24, 2.45) is 11.8 Å². The number of hydrogen-bond donors (Lipinski definition) is 0. The molecule has 0 heterocycles. The molecule has 0 saturated heterocycles. The molecule has 0 fully saturated rings. The first-order valence-electron chi connectivity index (χ1n) is 6.94. The van der Waals surface area contributed by atoms with Gasteiger partial charge in [-0.15, -0.1) is 0 Å². The first-order valence-corrected chi connectivity index (χ1v) is 6.94. The van der Waals surface area contributed by atoms with E-state index in [9.17, 15) is 0 Å². The van der Waals surface area contributed by atoms with Gasteiger partial charge in [0.05, 0.1) is 18.4 Å². The Morgan fingerprint density at radius 3 is 2.22 bits per heavy atom. The second-order valence-corrected chi connectivity index (χ2v) is 5.60. The molecule has 0 aliphatic heterocycles.